The van der Waals surface area contributed by atoms with E-state index in [0.29, 0.717) is 46.8 Å². The van der Waals surface area contributed by atoms with Crippen molar-refractivity contribution in [1.82, 2.24) is 9.97 Å². The van der Waals surface area contributed by atoms with Crippen molar-refractivity contribution in [3.8, 4) is 11.4 Å². The fourth-order valence-electron chi connectivity index (χ4n) is 4.47. The Balaban J connectivity index is 1.36. The van der Waals surface area contributed by atoms with Crippen LogP contribution in [0.2, 0.25) is 0 Å². The quantitative estimate of drug-likeness (QED) is 0.426. The number of carbonyl (C=O) groups excluding carboxylic acids is 2. The van der Waals surface area contributed by atoms with Crippen molar-refractivity contribution >= 4 is 35.2 Å². The standard InChI is InChI=1S/C26H21BN2O4/c1-26(2)13-32-27(33-14-26)16-9-7-15(8-10-16)25-28-20-12-11-19-21(22(20)29-25)24(31)18-6-4-3-5-17(18)23(19)30/h3-12H,13-14H2,1-2H3,(H,28,29). The molecule has 33 heavy (non-hydrogen) atoms. The first-order chi connectivity index (χ1) is 15.9. The Bertz CT molecular complexity index is 1430. The number of nitrogens with zero attached hydrogens (tertiary/aromatic N) is 1. The van der Waals surface area contributed by atoms with Crippen LogP contribution >= 0.6 is 0 Å². The second-order valence-corrected chi connectivity index (χ2v) is 9.41. The average molecular weight is 436 g/mol. The minimum absolute atomic E-state index is 0.0171. The van der Waals surface area contributed by atoms with Crippen LogP contribution < -0.4 is 5.46 Å². The predicted octanol–water partition coefficient (Wildman–Crippen LogP) is 3.77. The molecule has 0 amide bonds. The third kappa shape index (κ3) is 3.24. The van der Waals surface area contributed by atoms with Gasteiger partial charge in [0.25, 0.3) is 0 Å². The van der Waals surface area contributed by atoms with Gasteiger partial charge in [-0.1, -0.05) is 62.4 Å². The molecule has 162 valence electrons. The number of H-pyrrole nitrogens is 1. The molecule has 0 spiro atoms. The summed E-state index contributed by atoms with van der Waals surface area (Å²) in [5.74, 6) is 0.316. The Hall–Kier alpha value is -3.55. The fourth-order valence-corrected chi connectivity index (χ4v) is 4.47. The average Bonchev–Trinajstić information content (AvgIpc) is 3.27. The molecule has 1 aromatic heterocycles. The maximum atomic E-state index is 13.2. The largest absolute Gasteiger partial charge is 0.493 e. The van der Waals surface area contributed by atoms with Crippen molar-refractivity contribution in [2.75, 3.05) is 13.2 Å². The number of aromatic nitrogens is 2. The minimum Gasteiger partial charge on any atom is -0.407 e. The Labute approximate surface area is 191 Å². The van der Waals surface area contributed by atoms with Crippen molar-refractivity contribution in [1.29, 1.82) is 0 Å². The molecule has 0 bridgehead atoms. The summed E-state index contributed by atoms with van der Waals surface area (Å²) in [6, 6.07) is 18.3. The van der Waals surface area contributed by atoms with Gasteiger partial charge in [-0.25, -0.2) is 4.98 Å². The molecule has 1 fully saturated rings. The lowest BCUT2D eigenvalue weighted by Crippen LogP contribution is -2.47. The van der Waals surface area contributed by atoms with E-state index in [0.717, 1.165) is 16.5 Å². The van der Waals surface area contributed by atoms with Crippen molar-refractivity contribution in [3.05, 3.63) is 82.9 Å². The monoisotopic (exact) mass is 436 g/mol. The van der Waals surface area contributed by atoms with Crippen molar-refractivity contribution in [3.63, 3.8) is 0 Å². The maximum absolute atomic E-state index is 13.2. The smallest absolute Gasteiger partial charge is 0.407 e. The molecule has 1 aliphatic carbocycles. The van der Waals surface area contributed by atoms with Gasteiger partial charge in [-0.2, -0.15) is 0 Å². The van der Waals surface area contributed by atoms with Crippen LogP contribution in [0.4, 0.5) is 0 Å². The van der Waals surface area contributed by atoms with Crippen LogP contribution in [0.1, 0.15) is 45.7 Å². The van der Waals surface area contributed by atoms with Gasteiger partial charge in [0.2, 0.25) is 0 Å². The van der Waals surface area contributed by atoms with Gasteiger partial charge in [-0.05, 0) is 17.6 Å². The zero-order chi connectivity index (χ0) is 22.7. The van der Waals surface area contributed by atoms with E-state index < -0.39 is 0 Å². The first-order valence-electron chi connectivity index (χ1n) is 11.0. The number of ketones is 2. The lowest BCUT2D eigenvalue weighted by Gasteiger charge is -2.33. The minimum atomic E-state index is -0.376. The van der Waals surface area contributed by atoms with Gasteiger partial charge in [-0.15, -0.1) is 0 Å². The number of imidazole rings is 1. The van der Waals surface area contributed by atoms with E-state index >= 15 is 0 Å². The molecule has 2 aliphatic rings. The first kappa shape index (κ1) is 20.1. The van der Waals surface area contributed by atoms with Crippen LogP contribution in [0.5, 0.6) is 0 Å². The summed E-state index contributed by atoms with van der Waals surface area (Å²) in [6.45, 7) is 5.51. The summed E-state index contributed by atoms with van der Waals surface area (Å²) >= 11 is 0. The van der Waals surface area contributed by atoms with Gasteiger partial charge in [-0.3, -0.25) is 9.59 Å². The molecule has 0 radical (unpaired) electrons. The lowest BCUT2D eigenvalue weighted by atomic mass is 9.75. The molecular weight excluding hydrogens is 415 g/mol. The molecule has 4 aromatic rings. The molecule has 1 saturated heterocycles. The number of benzene rings is 3. The van der Waals surface area contributed by atoms with Gasteiger partial charge in [0.1, 0.15) is 11.3 Å². The van der Waals surface area contributed by atoms with Crippen molar-refractivity contribution < 1.29 is 18.9 Å². The van der Waals surface area contributed by atoms with Gasteiger partial charge < -0.3 is 14.3 Å². The molecule has 3 aromatic carbocycles. The Morgan fingerprint density at radius 3 is 2.21 bits per heavy atom. The van der Waals surface area contributed by atoms with Crippen LogP contribution in [0.25, 0.3) is 22.4 Å². The summed E-state index contributed by atoms with van der Waals surface area (Å²) in [7, 11) is -0.376. The number of rotatable bonds is 2. The second-order valence-electron chi connectivity index (χ2n) is 9.41. The van der Waals surface area contributed by atoms with E-state index in [-0.39, 0.29) is 24.1 Å². The molecule has 2 heterocycles. The molecular formula is C26H21BN2O4. The highest BCUT2D eigenvalue weighted by molar-refractivity contribution is 6.61. The van der Waals surface area contributed by atoms with Crippen molar-refractivity contribution in [2.45, 2.75) is 13.8 Å². The van der Waals surface area contributed by atoms with Gasteiger partial charge in [0.15, 0.2) is 11.6 Å². The first-order valence-corrected chi connectivity index (χ1v) is 11.0. The topological polar surface area (TPSA) is 81.3 Å². The molecule has 6 nitrogen and oxygen atoms in total. The van der Waals surface area contributed by atoms with Crippen LogP contribution in [0.15, 0.2) is 60.7 Å². The Morgan fingerprint density at radius 1 is 0.848 bits per heavy atom. The third-order valence-electron chi connectivity index (χ3n) is 6.25. The maximum Gasteiger partial charge on any atom is 0.493 e. The number of nitrogens with one attached hydrogen (secondary N) is 1. The van der Waals surface area contributed by atoms with Gasteiger partial charge in [0, 0.05) is 40.9 Å². The normalized spacial score (nSPS) is 17.2. The third-order valence-corrected chi connectivity index (χ3v) is 6.25. The predicted molar refractivity (Wildman–Crippen MR) is 126 cm³/mol. The second kappa shape index (κ2) is 7.23. The van der Waals surface area contributed by atoms with Gasteiger partial charge in [0.05, 0.1) is 11.1 Å². The molecule has 6 rings (SSSR count). The summed E-state index contributed by atoms with van der Waals surface area (Å²) in [5, 5.41) is 0. The number of aromatic amines is 1. The Morgan fingerprint density at radius 2 is 1.52 bits per heavy atom. The zero-order valence-electron chi connectivity index (χ0n) is 18.3. The van der Waals surface area contributed by atoms with Crippen LogP contribution in [0, 0.1) is 5.41 Å². The highest BCUT2D eigenvalue weighted by Crippen LogP contribution is 2.33. The zero-order valence-corrected chi connectivity index (χ0v) is 18.3. The van der Waals surface area contributed by atoms with E-state index in [1.807, 2.05) is 30.3 Å². The molecule has 7 heteroatoms. The highest BCUT2D eigenvalue weighted by atomic mass is 16.6. The van der Waals surface area contributed by atoms with E-state index in [2.05, 4.69) is 18.8 Å². The number of fused-ring (bicyclic) bond motifs is 4. The number of hydrogen-bond donors (Lipinski definition) is 1. The molecule has 1 N–H and O–H groups in total. The van der Waals surface area contributed by atoms with Gasteiger partial charge >= 0.3 is 7.12 Å². The van der Waals surface area contributed by atoms with E-state index in [4.69, 9.17) is 14.3 Å². The van der Waals surface area contributed by atoms with E-state index in [1.165, 1.54) is 0 Å². The van der Waals surface area contributed by atoms with E-state index in [9.17, 15) is 9.59 Å². The summed E-state index contributed by atoms with van der Waals surface area (Å²) in [4.78, 5) is 34.3. The summed E-state index contributed by atoms with van der Waals surface area (Å²) < 4.78 is 11.7. The molecule has 1 aliphatic heterocycles. The number of carbonyl (C=O) groups is 2. The van der Waals surface area contributed by atoms with Crippen molar-refractivity contribution in [2.24, 2.45) is 5.41 Å². The fraction of sp³-hybridized carbons (Fsp3) is 0.192. The Kier molecular flexibility index (Phi) is 4.40. The summed E-state index contributed by atoms with van der Waals surface area (Å²) in [5.41, 5.74) is 4.69. The highest BCUT2D eigenvalue weighted by Gasteiger charge is 2.34. The number of hydrogen-bond acceptors (Lipinski definition) is 5. The lowest BCUT2D eigenvalue weighted by molar-refractivity contribution is 0.0343. The summed E-state index contributed by atoms with van der Waals surface area (Å²) in [6.07, 6.45) is 0. The molecule has 0 atom stereocenters. The van der Waals surface area contributed by atoms with E-state index in [1.54, 1.807) is 30.3 Å². The van der Waals surface area contributed by atoms with Crippen LogP contribution in [-0.4, -0.2) is 41.9 Å². The van der Waals surface area contributed by atoms with Crippen LogP contribution in [0.3, 0.4) is 0 Å². The molecule has 0 unspecified atom stereocenters. The molecule has 0 saturated carbocycles. The van der Waals surface area contributed by atoms with Crippen LogP contribution in [-0.2, 0) is 9.31 Å². The SMILES string of the molecule is CC1(C)COB(c2ccc(-c3nc4c5c(ccc4[nH]3)C(=O)c3ccccc3C5=O)cc2)OC1.